The lowest BCUT2D eigenvalue weighted by Gasteiger charge is -2.06. The van der Waals surface area contributed by atoms with Gasteiger partial charge in [0.15, 0.2) is 0 Å². The van der Waals surface area contributed by atoms with Gasteiger partial charge in [-0.05, 0) is 29.8 Å². The first-order chi connectivity index (χ1) is 10.3. The molecule has 0 unspecified atom stereocenters. The maximum Gasteiger partial charge on any atom is 0.120 e. The number of methoxy groups -OCH3 is 1. The van der Waals surface area contributed by atoms with Crippen LogP contribution in [0.1, 0.15) is 4.88 Å². The van der Waals surface area contributed by atoms with Crippen molar-refractivity contribution in [2.45, 2.75) is 6.54 Å². The quantitative estimate of drug-likeness (QED) is 0.712. The third-order valence-corrected chi connectivity index (χ3v) is 4.39. The fraction of sp³-hybridized carbons (Fsp3) is 0.111. The first-order valence-corrected chi connectivity index (χ1v) is 7.69. The maximum absolute atomic E-state index is 5.23. The van der Waals surface area contributed by atoms with E-state index in [-0.39, 0.29) is 0 Å². The first-order valence-electron chi connectivity index (χ1n) is 6.87. The highest BCUT2D eigenvalue weighted by Gasteiger charge is 2.03. The number of hydrogen-bond acceptors (Lipinski definition) is 3. The number of thiophene rings is 1. The van der Waals surface area contributed by atoms with Gasteiger partial charge in [0.05, 0.1) is 7.11 Å². The van der Waals surface area contributed by atoms with Crippen LogP contribution in [-0.4, -0.2) is 7.11 Å². The summed E-state index contributed by atoms with van der Waals surface area (Å²) in [5, 5.41) is 3.43. The van der Waals surface area contributed by atoms with Crippen molar-refractivity contribution >= 4 is 17.0 Å². The zero-order valence-electron chi connectivity index (χ0n) is 11.9. The molecule has 106 valence electrons. The fourth-order valence-corrected chi connectivity index (χ4v) is 3.11. The monoisotopic (exact) mass is 295 g/mol. The standard InChI is InChI=1S/C18H17NOS/c1-20-16-9-5-8-15(12-16)19-13-17-10-11-18(21-17)14-6-3-2-4-7-14/h2-12,19H,13H2,1H3. The zero-order chi connectivity index (χ0) is 14.5. The van der Waals surface area contributed by atoms with Crippen LogP contribution in [0.3, 0.4) is 0 Å². The Morgan fingerprint density at radius 3 is 2.62 bits per heavy atom. The molecule has 0 aliphatic carbocycles. The predicted octanol–water partition coefficient (Wildman–Crippen LogP) is 5.04. The lowest BCUT2D eigenvalue weighted by atomic mass is 10.2. The Morgan fingerprint density at radius 1 is 0.952 bits per heavy atom. The average Bonchev–Trinajstić information content (AvgIpc) is 3.03. The van der Waals surface area contributed by atoms with Crippen LogP contribution in [0, 0.1) is 0 Å². The van der Waals surface area contributed by atoms with E-state index in [0.29, 0.717) is 0 Å². The Labute approximate surface area is 129 Å². The Kier molecular flexibility index (Phi) is 4.22. The smallest absolute Gasteiger partial charge is 0.120 e. The SMILES string of the molecule is COc1cccc(NCc2ccc(-c3ccccc3)s2)c1. The van der Waals surface area contributed by atoms with Gasteiger partial charge < -0.3 is 10.1 Å². The molecule has 2 aromatic carbocycles. The normalized spacial score (nSPS) is 10.3. The van der Waals surface area contributed by atoms with Crippen LogP contribution in [0.2, 0.25) is 0 Å². The summed E-state index contributed by atoms with van der Waals surface area (Å²) in [6, 6.07) is 22.8. The van der Waals surface area contributed by atoms with Gasteiger partial charge in [0.2, 0.25) is 0 Å². The predicted molar refractivity (Wildman–Crippen MR) is 90.1 cm³/mol. The van der Waals surface area contributed by atoms with E-state index in [4.69, 9.17) is 4.74 Å². The molecule has 2 nitrogen and oxygen atoms in total. The topological polar surface area (TPSA) is 21.3 Å². The summed E-state index contributed by atoms with van der Waals surface area (Å²) < 4.78 is 5.23. The molecule has 1 N–H and O–H groups in total. The molecule has 1 aromatic heterocycles. The highest BCUT2D eigenvalue weighted by atomic mass is 32.1. The van der Waals surface area contributed by atoms with E-state index < -0.39 is 0 Å². The second-order valence-electron chi connectivity index (χ2n) is 4.72. The highest BCUT2D eigenvalue weighted by molar-refractivity contribution is 7.15. The van der Waals surface area contributed by atoms with E-state index in [0.717, 1.165) is 18.0 Å². The van der Waals surface area contributed by atoms with Gasteiger partial charge >= 0.3 is 0 Å². The van der Waals surface area contributed by atoms with Gasteiger partial charge in [0.1, 0.15) is 5.75 Å². The molecule has 0 fully saturated rings. The summed E-state index contributed by atoms with van der Waals surface area (Å²) >= 11 is 1.82. The number of benzene rings is 2. The molecule has 0 saturated carbocycles. The van der Waals surface area contributed by atoms with Gasteiger partial charge in [-0.1, -0.05) is 36.4 Å². The third kappa shape index (κ3) is 3.44. The van der Waals surface area contributed by atoms with Crippen molar-refractivity contribution in [3.05, 3.63) is 71.6 Å². The molecule has 0 aliphatic heterocycles. The maximum atomic E-state index is 5.23. The van der Waals surface area contributed by atoms with E-state index in [2.05, 4.69) is 41.7 Å². The molecule has 3 aromatic rings. The molecular formula is C18H17NOS. The third-order valence-electron chi connectivity index (χ3n) is 3.26. The van der Waals surface area contributed by atoms with Crippen LogP contribution in [-0.2, 0) is 6.54 Å². The van der Waals surface area contributed by atoms with E-state index in [1.807, 2.05) is 41.7 Å². The van der Waals surface area contributed by atoms with Crippen molar-refractivity contribution in [2.75, 3.05) is 12.4 Å². The molecular weight excluding hydrogens is 278 g/mol. The van der Waals surface area contributed by atoms with E-state index in [9.17, 15) is 0 Å². The molecule has 0 saturated heterocycles. The van der Waals surface area contributed by atoms with Gasteiger partial charge in [-0.15, -0.1) is 11.3 Å². The van der Waals surface area contributed by atoms with Crippen molar-refractivity contribution in [3.8, 4) is 16.2 Å². The summed E-state index contributed by atoms with van der Waals surface area (Å²) in [6.07, 6.45) is 0. The molecule has 0 aliphatic rings. The first kappa shape index (κ1) is 13.7. The Hall–Kier alpha value is -2.26. The Balaban J connectivity index is 1.67. The van der Waals surface area contributed by atoms with Crippen molar-refractivity contribution < 1.29 is 4.74 Å². The summed E-state index contributed by atoms with van der Waals surface area (Å²) in [6.45, 7) is 0.824. The number of rotatable bonds is 5. The molecule has 3 rings (SSSR count). The largest absolute Gasteiger partial charge is 0.497 e. The van der Waals surface area contributed by atoms with Crippen LogP contribution < -0.4 is 10.1 Å². The molecule has 21 heavy (non-hydrogen) atoms. The van der Waals surface area contributed by atoms with Gasteiger partial charge in [0.25, 0.3) is 0 Å². The fourth-order valence-electron chi connectivity index (χ4n) is 2.15. The lowest BCUT2D eigenvalue weighted by molar-refractivity contribution is 0.415. The van der Waals surface area contributed by atoms with Crippen LogP contribution in [0.15, 0.2) is 66.7 Å². The van der Waals surface area contributed by atoms with Gasteiger partial charge in [-0.2, -0.15) is 0 Å². The molecule has 1 heterocycles. The van der Waals surface area contributed by atoms with Crippen molar-refractivity contribution in [2.24, 2.45) is 0 Å². The Morgan fingerprint density at radius 2 is 1.81 bits per heavy atom. The number of nitrogens with one attached hydrogen (secondary N) is 1. The number of anilines is 1. The number of hydrogen-bond donors (Lipinski definition) is 1. The van der Waals surface area contributed by atoms with Crippen LogP contribution in [0.25, 0.3) is 10.4 Å². The second kappa shape index (κ2) is 6.46. The summed E-state index contributed by atoms with van der Waals surface area (Å²) in [5.41, 5.74) is 2.35. The van der Waals surface area contributed by atoms with Crippen LogP contribution in [0.4, 0.5) is 5.69 Å². The summed E-state index contributed by atoms with van der Waals surface area (Å²) in [4.78, 5) is 2.62. The van der Waals surface area contributed by atoms with Gasteiger partial charge in [0, 0.05) is 28.1 Å². The lowest BCUT2D eigenvalue weighted by Crippen LogP contribution is -1.97. The summed E-state index contributed by atoms with van der Waals surface area (Å²) in [7, 11) is 1.69. The summed E-state index contributed by atoms with van der Waals surface area (Å²) in [5.74, 6) is 0.871. The van der Waals surface area contributed by atoms with Crippen molar-refractivity contribution in [3.63, 3.8) is 0 Å². The minimum atomic E-state index is 0.824. The van der Waals surface area contributed by atoms with Gasteiger partial charge in [-0.25, -0.2) is 0 Å². The van der Waals surface area contributed by atoms with Crippen molar-refractivity contribution in [1.82, 2.24) is 0 Å². The second-order valence-corrected chi connectivity index (χ2v) is 5.89. The molecule has 0 radical (unpaired) electrons. The number of ether oxygens (including phenoxy) is 1. The van der Waals surface area contributed by atoms with Crippen LogP contribution in [0.5, 0.6) is 5.75 Å². The minimum Gasteiger partial charge on any atom is -0.497 e. The average molecular weight is 295 g/mol. The zero-order valence-corrected chi connectivity index (χ0v) is 12.7. The molecule has 0 bridgehead atoms. The van der Waals surface area contributed by atoms with E-state index >= 15 is 0 Å². The van der Waals surface area contributed by atoms with E-state index in [1.165, 1.54) is 15.3 Å². The minimum absolute atomic E-state index is 0.824. The molecule has 0 amide bonds. The van der Waals surface area contributed by atoms with Crippen molar-refractivity contribution in [1.29, 1.82) is 0 Å². The van der Waals surface area contributed by atoms with E-state index in [1.54, 1.807) is 7.11 Å². The van der Waals surface area contributed by atoms with Gasteiger partial charge in [-0.3, -0.25) is 0 Å². The molecule has 3 heteroatoms. The molecule has 0 spiro atoms. The molecule has 0 atom stereocenters. The highest BCUT2D eigenvalue weighted by Crippen LogP contribution is 2.28. The Bertz CT molecular complexity index is 706. The van der Waals surface area contributed by atoms with Crippen LogP contribution >= 0.6 is 11.3 Å².